The number of amides is 2. The molecule has 6 nitrogen and oxygen atoms in total. The number of hydrogen-bond donors (Lipinski definition) is 2. The smallest absolute Gasteiger partial charge is 0.329 e. The Labute approximate surface area is 157 Å². The first-order valence-electron chi connectivity index (χ1n) is 8.01. The number of halogens is 1. The van der Waals surface area contributed by atoms with Crippen molar-refractivity contribution in [2.24, 2.45) is 5.10 Å². The Bertz CT molecular complexity index is 807. The van der Waals surface area contributed by atoms with Crippen molar-refractivity contribution in [3.8, 4) is 5.75 Å². The summed E-state index contributed by atoms with van der Waals surface area (Å²) in [6.45, 7) is 1.80. The summed E-state index contributed by atoms with van der Waals surface area (Å²) in [5, 5.41) is 6.75. The molecular weight excluding hydrogens is 354 g/mol. The number of aryl methyl sites for hydroxylation is 1. The number of anilines is 1. The highest BCUT2D eigenvalue weighted by Crippen LogP contribution is 2.27. The van der Waals surface area contributed by atoms with Crippen molar-refractivity contribution in [3.05, 3.63) is 59.1 Å². The van der Waals surface area contributed by atoms with Crippen LogP contribution in [0.5, 0.6) is 5.75 Å². The van der Waals surface area contributed by atoms with Crippen LogP contribution in [0, 0.1) is 0 Å². The number of methoxy groups -OCH3 is 1. The maximum absolute atomic E-state index is 11.9. The zero-order chi connectivity index (χ0) is 18.9. The second kappa shape index (κ2) is 9.58. The normalized spacial score (nSPS) is 11.0. The molecule has 2 N–H and O–H groups in total. The van der Waals surface area contributed by atoms with Crippen LogP contribution in [0.2, 0.25) is 5.02 Å². The van der Waals surface area contributed by atoms with Gasteiger partial charge in [-0.05, 0) is 43.5 Å². The minimum atomic E-state index is -0.851. The van der Waals surface area contributed by atoms with Gasteiger partial charge in [0.1, 0.15) is 5.75 Å². The highest BCUT2D eigenvalue weighted by Gasteiger charge is 2.14. The van der Waals surface area contributed by atoms with E-state index in [4.69, 9.17) is 16.3 Å². The molecule has 0 radical (unpaired) electrons. The molecular formula is C19H20ClN3O3. The SMILES string of the molecule is COc1ccc(NC(=O)C(=O)N/N=C(/C)CCc2ccccc2)cc1Cl. The van der Waals surface area contributed by atoms with Crippen molar-refractivity contribution in [1.29, 1.82) is 0 Å². The summed E-state index contributed by atoms with van der Waals surface area (Å²) in [5.41, 5.74) is 4.55. The van der Waals surface area contributed by atoms with Crippen LogP contribution in [0.25, 0.3) is 0 Å². The lowest BCUT2D eigenvalue weighted by molar-refractivity contribution is -0.136. The number of carbonyl (C=O) groups excluding carboxylic acids is 2. The van der Waals surface area contributed by atoms with Gasteiger partial charge < -0.3 is 10.1 Å². The minimum absolute atomic E-state index is 0.334. The zero-order valence-corrected chi connectivity index (χ0v) is 15.3. The van der Waals surface area contributed by atoms with Gasteiger partial charge in [-0.25, -0.2) is 5.43 Å². The summed E-state index contributed by atoms with van der Waals surface area (Å²) in [5.74, 6) is -1.20. The van der Waals surface area contributed by atoms with Gasteiger partial charge in [0.2, 0.25) is 0 Å². The molecule has 2 aromatic carbocycles. The lowest BCUT2D eigenvalue weighted by Gasteiger charge is -2.07. The van der Waals surface area contributed by atoms with Gasteiger partial charge in [-0.1, -0.05) is 41.9 Å². The summed E-state index contributed by atoms with van der Waals surface area (Å²) in [4.78, 5) is 23.7. The maximum Gasteiger partial charge on any atom is 0.329 e. The van der Waals surface area contributed by atoms with Crippen LogP contribution >= 0.6 is 11.6 Å². The third-order valence-electron chi connectivity index (χ3n) is 3.58. The molecule has 0 bridgehead atoms. The molecule has 0 spiro atoms. The highest BCUT2D eigenvalue weighted by molar-refractivity contribution is 6.40. The molecule has 7 heteroatoms. The van der Waals surface area contributed by atoms with E-state index in [0.29, 0.717) is 22.9 Å². The molecule has 0 saturated carbocycles. The number of nitrogens with zero attached hydrogens (tertiary/aromatic N) is 1. The molecule has 2 amide bonds. The van der Waals surface area contributed by atoms with E-state index in [1.165, 1.54) is 18.7 Å². The highest BCUT2D eigenvalue weighted by atomic mass is 35.5. The van der Waals surface area contributed by atoms with Gasteiger partial charge >= 0.3 is 11.8 Å². The minimum Gasteiger partial charge on any atom is -0.495 e. The molecule has 26 heavy (non-hydrogen) atoms. The zero-order valence-electron chi connectivity index (χ0n) is 14.6. The van der Waals surface area contributed by atoms with E-state index >= 15 is 0 Å². The van der Waals surface area contributed by atoms with E-state index in [1.54, 1.807) is 19.1 Å². The Morgan fingerprint density at radius 3 is 2.50 bits per heavy atom. The van der Waals surface area contributed by atoms with Crippen LogP contribution < -0.4 is 15.5 Å². The van der Waals surface area contributed by atoms with Crippen molar-refractivity contribution in [2.45, 2.75) is 19.8 Å². The molecule has 0 saturated heterocycles. The van der Waals surface area contributed by atoms with Gasteiger partial charge in [0.05, 0.1) is 12.1 Å². The fraction of sp³-hybridized carbons (Fsp3) is 0.211. The van der Waals surface area contributed by atoms with Gasteiger partial charge in [-0.2, -0.15) is 5.10 Å². The first kappa shape index (κ1) is 19.5. The van der Waals surface area contributed by atoms with Crippen LogP contribution in [0.15, 0.2) is 53.6 Å². The van der Waals surface area contributed by atoms with E-state index in [9.17, 15) is 9.59 Å². The summed E-state index contributed by atoms with van der Waals surface area (Å²) in [6.07, 6.45) is 1.49. The van der Waals surface area contributed by atoms with Gasteiger partial charge in [-0.3, -0.25) is 9.59 Å². The number of benzene rings is 2. The predicted molar refractivity (Wildman–Crippen MR) is 103 cm³/mol. The lowest BCUT2D eigenvalue weighted by Crippen LogP contribution is -2.32. The van der Waals surface area contributed by atoms with Crippen LogP contribution in [0.3, 0.4) is 0 Å². The van der Waals surface area contributed by atoms with E-state index < -0.39 is 11.8 Å². The molecule has 2 aromatic rings. The van der Waals surface area contributed by atoms with Crippen molar-refractivity contribution in [3.63, 3.8) is 0 Å². The number of hydrazone groups is 1. The first-order valence-corrected chi connectivity index (χ1v) is 8.39. The lowest BCUT2D eigenvalue weighted by atomic mass is 10.1. The monoisotopic (exact) mass is 373 g/mol. The standard InChI is InChI=1S/C19H20ClN3O3/c1-13(8-9-14-6-4-3-5-7-14)22-23-19(25)18(24)21-15-10-11-17(26-2)16(20)12-15/h3-7,10-12H,8-9H2,1-2H3,(H,21,24)(H,23,25)/b22-13-. The number of rotatable bonds is 6. The largest absolute Gasteiger partial charge is 0.495 e. The molecule has 0 heterocycles. The van der Waals surface area contributed by atoms with Crippen molar-refractivity contribution in [2.75, 3.05) is 12.4 Å². The fourth-order valence-electron chi connectivity index (χ4n) is 2.15. The first-order chi connectivity index (χ1) is 12.5. The molecule has 0 unspecified atom stereocenters. The number of ether oxygens (including phenoxy) is 1. The summed E-state index contributed by atoms with van der Waals surface area (Å²) >= 11 is 5.98. The summed E-state index contributed by atoms with van der Waals surface area (Å²) in [7, 11) is 1.49. The third-order valence-corrected chi connectivity index (χ3v) is 3.88. The summed E-state index contributed by atoms with van der Waals surface area (Å²) in [6, 6.07) is 14.6. The Kier molecular flexibility index (Phi) is 7.17. The van der Waals surface area contributed by atoms with Crippen molar-refractivity contribution in [1.82, 2.24) is 5.43 Å². The van der Waals surface area contributed by atoms with Crippen LogP contribution in [0.4, 0.5) is 5.69 Å². The Hall–Kier alpha value is -2.86. The van der Waals surface area contributed by atoms with Crippen LogP contribution in [-0.2, 0) is 16.0 Å². The van der Waals surface area contributed by atoms with E-state index in [1.807, 2.05) is 30.3 Å². The average molecular weight is 374 g/mol. The average Bonchev–Trinajstić information content (AvgIpc) is 2.65. The summed E-state index contributed by atoms with van der Waals surface area (Å²) < 4.78 is 5.03. The second-order valence-corrected chi connectivity index (χ2v) is 5.98. The number of carbonyl (C=O) groups is 2. The van der Waals surface area contributed by atoms with Crippen LogP contribution in [-0.4, -0.2) is 24.6 Å². The molecule has 2 rings (SSSR count). The maximum atomic E-state index is 11.9. The van der Waals surface area contributed by atoms with Gasteiger partial charge in [0.25, 0.3) is 0 Å². The molecule has 0 aliphatic rings. The number of nitrogens with one attached hydrogen (secondary N) is 2. The van der Waals surface area contributed by atoms with E-state index in [0.717, 1.165) is 12.1 Å². The molecule has 0 aliphatic carbocycles. The Morgan fingerprint density at radius 1 is 1.12 bits per heavy atom. The van der Waals surface area contributed by atoms with Crippen LogP contribution in [0.1, 0.15) is 18.9 Å². The van der Waals surface area contributed by atoms with Crippen molar-refractivity contribution >= 4 is 34.8 Å². The van der Waals surface area contributed by atoms with Gasteiger partial charge in [-0.15, -0.1) is 0 Å². The van der Waals surface area contributed by atoms with E-state index in [-0.39, 0.29) is 0 Å². The van der Waals surface area contributed by atoms with E-state index in [2.05, 4.69) is 15.8 Å². The molecule has 0 aliphatic heterocycles. The molecule has 0 aromatic heterocycles. The predicted octanol–water partition coefficient (Wildman–Crippen LogP) is 3.41. The third kappa shape index (κ3) is 5.89. The molecule has 0 atom stereocenters. The van der Waals surface area contributed by atoms with Crippen molar-refractivity contribution < 1.29 is 14.3 Å². The second-order valence-electron chi connectivity index (χ2n) is 5.58. The fourth-order valence-corrected chi connectivity index (χ4v) is 2.41. The quantitative estimate of drug-likeness (QED) is 0.462. The Morgan fingerprint density at radius 2 is 1.85 bits per heavy atom. The topological polar surface area (TPSA) is 79.8 Å². The Balaban J connectivity index is 1.84. The van der Waals surface area contributed by atoms with Gasteiger partial charge in [0, 0.05) is 11.4 Å². The molecule has 136 valence electrons. The number of hydrogen-bond acceptors (Lipinski definition) is 4. The van der Waals surface area contributed by atoms with Gasteiger partial charge in [0.15, 0.2) is 0 Å². The molecule has 0 fully saturated rings.